The summed E-state index contributed by atoms with van der Waals surface area (Å²) in [7, 11) is 0. The van der Waals surface area contributed by atoms with E-state index in [9.17, 15) is 4.79 Å². The second-order valence-electron chi connectivity index (χ2n) is 6.59. The Hall–Kier alpha value is -3.25. The lowest BCUT2D eigenvalue weighted by atomic mass is 10.1. The predicted octanol–water partition coefficient (Wildman–Crippen LogP) is 4.77. The number of fused-ring (bicyclic) bond motifs is 3. The van der Waals surface area contributed by atoms with Crippen molar-refractivity contribution >= 4 is 32.5 Å². The smallest absolute Gasteiger partial charge is 0.266 e. The second-order valence-corrected chi connectivity index (χ2v) is 7.50. The van der Waals surface area contributed by atoms with Crippen molar-refractivity contribution in [2.45, 2.75) is 6.92 Å². The molecule has 3 heterocycles. The fourth-order valence-corrected chi connectivity index (χ4v) is 3.79. The van der Waals surface area contributed by atoms with Crippen LogP contribution in [0.2, 0.25) is 0 Å². The van der Waals surface area contributed by atoms with Gasteiger partial charge in [-0.05, 0) is 42.8 Å². The minimum Gasteiger partial charge on any atom is -0.284 e. The third kappa shape index (κ3) is 2.57. The van der Waals surface area contributed by atoms with E-state index in [0.717, 1.165) is 38.1 Å². The lowest BCUT2D eigenvalue weighted by Crippen LogP contribution is -2.18. The number of aromatic nitrogens is 4. The van der Waals surface area contributed by atoms with Crippen molar-refractivity contribution in [1.82, 2.24) is 19.2 Å². The van der Waals surface area contributed by atoms with Gasteiger partial charge in [-0.3, -0.25) is 9.36 Å². The molecular weight excluding hydrogens is 416 g/mol. The van der Waals surface area contributed by atoms with E-state index >= 15 is 0 Å². The molecule has 136 valence electrons. The first-order valence-corrected chi connectivity index (χ1v) is 9.64. The lowest BCUT2D eigenvalue weighted by Gasteiger charge is -2.08. The van der Waals surface area contributed by atoms with Crippen molar-refractivity contribution < 1.29 is 0 Å². The molecule has 6 heteroatoms. The Labute approximate surface area is 169 Å². The van der Waals surface area contributed by atoms with Gasteiger partial charge in [0.05, 0.1) is 16.6 Å². The Morgan fingerprint density at radius 1 is 0.964 bits per heavy atom. The first-order valence-electron chi connectivity index (χ1n) is 8.84. The van der Waals surface area contributed by atoms with Gasteiger partial charge in [0.2, 0.25) is 0 Å². The van der Waals surface area contributed by atoms with E-state index < -0.39 is 0 Å². The van der Waals surface area contributed by atoms with Crippen LogP contribution in [0.5, 0.6) is 0 Å². The van der Waals surface area contributed by atoms with Gasteiger partial charge in [0.1, 0.15) is 0 Å². The molecule has 0 bridgehead atoms. The number of hydrogen-bond acceptors (Lipinski definition) is 3. The van der Waals surface area contributed by atoms with Crippen LogP contribution >= 0.6 is 15.9 Å². The summed E-state index contributed by atoms with van der Waals surface area (Å²) in [5.74, 6) is 0. The molecule has 3 aromatic heterocycles. The number of para-hydroxylation sites is 1. The van der Waals surface area contributed by atoms with E-state index in [1.165, 1.54) is 0 Å². The van der Waals surface area contributed by atoms with Crippen molar-refractivity contribution in [3.8, 4) is 16.8 Å². The molecule has 0 saturated heterocycles. The Morgan fingerprint density at radius 3 is 2.46 bits per heavy atom. The third-order valence-electron chi connectivity index (χ3n) is 4.85. The molecule has 0 saturated carbocycles. The van der Waals surface area contributed by atoms with Crippen LogP contribution in [0.15, 0.2) is 82.3 Å². The van der Waals surface area contributed by atoms with Crippen LogP contribution in [0.25, 0.3) is 33.4 Å². The molecule has 0 unspecified atom stereocenters. The number of halogens is 1. The Bertz CT molecular complexity index is 1390. The monoisotopic (exact) mass is 430 g/mol. The normalized spacial score (nSPS) is 11.4. The van der Waals surface area contributed by atoms with Crippen molar-refractivity contribution in [3.05, 3.63) is 93.6 Å². The zero-order valence-electron chi connectivity index (χ0n) is 15.0. The van der Waals surface area contributed by atoms with Crippen LogP contribution in [0.3, 0.4) is 0 Å². The fraction of sp³-hybridized carbons (Fsp3) is 0.0455. The largest absolute Gasteiger partial charge is 0.284 e. The van der Waals surface area contributed by atoms with Gasteiger partial charge < -0.3 is 0 Å². The van der Waals surface area contributed by atoms with Gasteiger partial charge in [-0.25, -0.2) is 9.50 Å². The lowest BCUT2D eigenvalue weighted by molar-refractivity contribution is 0.940. The number of pyridine rings is 1. The third-order valence-corrected chi connectivity index (χ3v) is 5.38. The average Bonchev–Trinajstić information content (AvgIpc) is 3.06. The molecule has 0 aliphatic rings. The molecule has 28 heavy (non-hydrogen) atoms. The van der Waals surface area contributed by atoms with Gasteiger partial charge in [0.25, 0.3) is 5.56 Å². The van der Waals surface area contributed by atoms with E-state index in [4.69, 9.17) is 0 Å². The summed E-state index contributed by atoms with van der Waals surface area (Å²) in [4.78, 5) is 17.6. The maximum atomic E-state index is 13.0. The van der Waals surface area contributed by atoms with Crippen LogP contribution < -0.4 is 5.56 Å². The molecule has 0 N–H and O–H groups in total. The van der Waals surface area contributed by atoms with Gasteiger partial charge in [-0.2, -0.15) is 5.10 Å². The highest BCUT2D eigenvalue weighted by Gasteiger charge is 2.16. The standard InChI is InChI=1S/C22H15BrN4O/c1-14-20(15-7-9-16(23)10-8-15)21-24-13-18-19(27(21)25-14)11-12-26(22(18)28)17-5-3-2-4-6-17/h2-13H,1H3. The van der Waals surface area contributed by atoms with E-state index in [0.29, 0.717) is 5.39 Å². The first kappa shape index (κ1) is 16.9. The summed E-state index contributed by atoms with van der Waals surface area (Å²) in [6, 6.07) is 19.5. The summed E-state index contributed by atoms with van der Waals surface area (Å²) < 4.78 is 4.41. The van der Waals surface area contributed by atoms with Gasteiger partial charge in [0.15, 0.2) is 5.65 Å². The highest BCUT2D eigenvalue weighted by Crippen LogP contribution is 2.29. The van der Waals surface area contributed by atoms with Crippen LogP contribution in [0.4, 0.5) is 0 Å². The van der Waals surface area contributed by atoms with Crippen LogP contribution in [0.1, 0.15) is 5.69 Å². The zero-order chi connectivity index (χ0) is 19.3. The SMILES string of the molecule is Cc1nn2c(ncc3c(=O)n(-c4ccccc4)ccc32)c1-c1ccc(Br)cc1. The number of nitrogens with zero attached hydrogens (tertiary/aromatic N) is 4. The summed E-state index contributed by atoms with van der Waals surface area (Å²) in [5.41, 5.74) is 5.08. The summed E-state index contributed by atoms with van der Waals surface area (Å²) in [6.45, 7) is 1.96. The second kappa shape index (κ2) is 6.42. The van der Waals surface area contributed by atoms with Crippen molar-refractivity contribution in [2.24, 2.45) is 0 Å². The molecule has 5 aromatic rings. The maximum absolute atomic E-state index is 13.0. The summed E-state index contributed by atoms with van der Waals surface area (Å²) >= 11 is 3.47. The topological polar surface area (TPSA) is 52.2 Å². The number of benzene rings is 2. The molecule has 0 atom stereocenters. The number of aryl methyl sites for hydroxylation is 1. The average molecular weight is 431 g/mol. The van der Waals surface area contributed by atoms with Gasteiger partial charge in [-0.1, -0.05) is 46.3 Å². The van der Waals surface area contributed by atoms with Gasteiger partial charge in [0, 0.05) is 28.1 Å². The van der Waals surface area contributed by atoms with E-state index in [1.807, 2.05) is 67.6 Å². The highest BCUT2D eigenvalue weighted by atomic mass is 79.9. The van der Waals surface area contributed by atoms with Gasteiger partial charge >= 0.3 is 0 Å². The molecular formula is C22H15BrN4O. The molecule has 2 aromatic carbocycles. The number of rotatable bonds is 2. The molecule has 0 amide bonds. The predicted molar refractivity (Wildman–Crippen MR) is 114 cm³/mol. The first-order chi connectivity index (χ1) is 13.6. The summed E-state index contributed by atoms with van der Waals surface area (Å²) in [5, 5.41) is 5.21. The van der Waals surface area contributed by atoms with Crippen LogP contribution in [-0.2, 0) is 0 Å². The van der Waals surface area contributed by atoms with E-state index in [1.54, 1.807) is 21.5 Å². The quantitative estimate of drug-likeness (QED) is 0.405. The van der Waals surface area contributed by atoms with E-state index in [-0.39, 0.29) is 5.56 Å². The highest BCUT2D eigenvalue weighted by molar-refractivity contribution is 9.10. The molecule has 0 spiro atoms. The van der Waals surface area contributed by atoms with Crippen molar-refractivity contribution in [1.29, 1.82) is 0 Å². The van der Waals surface area contributed by atoms with Crippen LogP contribution in [0, 0.1) is 6.92 Å². The minimum absolute atomic E-state index is 0.114. The molecule has 0 radical (unpaired) electrons. The fourth-order valence-electron chi connectivity index (χ4n) is 3.52. The Balaban J connectivity index is 1.78. The molecule has 0 fully saturated rings. The maximum Gasteiger partial charge on any atom is 0.266 e. The molecule has 5 rings (SSSR count). The molecule has 0 aliphatic carbocycles. The minimum atomic E-state index is -0.114. The molecule has 0 aliphatic heterocycles. The summed E-state index contributed by atoms with van der Waals surface area (Å²) in [6.07, 6.45) is 3.44. The molecule has 5 nitrogen and oxygen atoms in total. The van der Waals surface area contributed by atoms with Crippen molar-refractivity contribution in [3.63, 3.8) is 0 Å². The number of hydrogen-bond donors (Lipinski definition) is 0. The zero-order valence-corrected chi connectivity index (χ0v) is 16.6. The van der Waals surface area contributed by atoms with E-state index in [2.05, 4.69) is 26.0 Å². The Kier molecular flexibility index (Phi) is 3.87. The Morgan fingerprint density at radius 2 is 1.71 bits per heavy atom. The van der Waals surface area contributed by atoms with Gasteiger partial charge in [-0.15, -0.1) is 0 Å². The van der Waals surface area contributed by atoms with Crippen LogP contribution in [-0.4, -0.2) is 19.2 Å². The van der Waals surface area contributed by atoms with Crippen molar-refractivity contribution in [2.75, 3.05) is 0 Å².